The van der Waals surface area contributed by atoms with Gasteiger partial charge in [0, 0.05) is 35.9 Å². The summed E-state index contributed by atoms with van der Waals surface area (Å²) in [4.78, 5) is 28.9. The summed E-state index contributed by atoms with van der Waals surface area (Å²) in [6.45, 7) is 4.81. The van der Waals surface area contributed by atoms with Crippen molar-refractivity contribution in [3.63, 3.8) is 0 Å². The molecule has 6 heteroatoms. The van der Waals surface area contributed by atoms with E-state index < -0.39 is 0 Å². The first-order valence-corrected chi connectivity index (χ1v) is 11.4. The standard InChI is InChI=1S/C27H27N5O/c1-19-24(27(33)31-22-7-3-2-4-8-22)17-29-26(30-19)20-12-15-32(16-13-20)18-21-11-14-28-25-10-6-5-9-23(21)25/h2-11,14,17,20H,12-13,15-16,18H2,1H3,(H,31,33). The lowest BCUT2D eigenvalue weighted by atomic mass is 9.95. The molecule has 0 aliphatic carbocycles. The summed E-state index contributed by atoms with van der Waals surface area (Å²) in [6.07, 6.45) is 5.60. The van der Waals surface area contributed by atoms with E-state index in [0.717, 1.165) is 55.2 Å². The van der Waals surface area contributed by atoms with Crippen LogP contribution in [-0.2, 0) is 6.54 Å². The fraction of sp³-hybridized carbons (Fsp3) is 0.259. The number of rotatable bonds is 5. The Labute approximate surface area is 193 Å². The predicted octanol–water partition coefficient (Wildman–Crippen LogP) is 4.97. The summed E-state index contributed by atoms with van der Waals surface area (Å²) in [6, 6.07) is 19.9. The van der Waals surface area contributed by atoms with Gasteiger partial charge >= 0.3 is 0 Å². The van der Waals surface area contributed by atoms with Crippen LogP contribution in [-0.4, -0.2) is 38.8 Å². The minimum Gasteiger partial charge on any atom is -0.322 e. The van der Waals surface area contributed by atoms with Crippen molar-refractivity contribution in [3.05, 3.63) is 95.7 Å². The number of nitrogens with zero attached hydrogens (tertiary/aromatic N) is 4. The van der Waals surface area contributed by atoms with Gasteiger partial charge in [0.15, 0.2) is 0 Å². The fourth-order valence-electron chi connectivity index (χ4n) is 4.51. The molecule has 166 valence electrons. The first-order chi connectivity index (χ1) is 16.2. The largest absolute Gasteiger partial charge is 0.322 e. The molecule has 4 aromatic rings. The molecule has 0 bridgehead atoms. The van der Waals surface area contributed by atoms with Crippen molar-refractivity contribution in [1.82, 2.24) is 19.9 Å². The molecule has 0 saturated carbocycles. The summed E-state index contributed by atoms with van der Waals surface area (Å²) in [7, 11) is 0. The highest BCUT2D eigenvalue weighted by atomic mass is 16.1. The molecule has 0 atom stereocenters. The molecule has 0 unspecified atom stereocenters. The molecule has 1 fully saturated rings. The molecule has 1 aliphatic heterocycles. The third-order valence-electron chi connectivity index (χ3n) is 6.36. The van der Waals surface area contributed by atoms with Crippen LogP contribution in [0.2, 0.25) is 0 Å². The summed E-state index contributed by atoms with van der Waals surface area (Å²) in [5, 5.41) is 4.14. The highest BCUT2D eigenvalue weighted by Crippen LogP contribution is 2.28. The monoisotopic (exact) mass is 437 g/mol. The number of likely N-dealkylation sites (tertiary alicyclic amines) is 1. The number of nitrogens with one attached hydrogen (secondary N) is 1. The lowest BCUT2D eigenvalue weighted by molar-refractivity contribution is 0.102. The van der Waals surface area contributed by atoms with Gasteiger partial charge in [0.05, 0.1) is 16.8 Å². The number of benzene rings is 2. The van der Waals surface area contributed by atoms with Crippen molar-refractivity contribution in [1.29, 1.82) is 0 Å². The quantitative estimate of drug-likeness (QED) is 0.478. The van der Waals surface area contributed by atoms with Crippen LogP contribution in [0.5, 0.6) is 0 Å². The van der Waals surface area contributed by atoms with E-state index in [9.17, 15) is 4.79 Å². The van der Waals surface area contributed by atoms with E-state index in [-0.39, 0.29) is 5.91 Å². The molecular formula is C27H27N5O. The van der Waals surface area contributed by atoms with Crippen LogP contribution < -0.4 is 5.32 Å². The predicted molar refractivity (Wildman–Crippen MR) is 130 cm³/mol. The van der Waals surface area contributed by atoms with E-state index in [0.29, 0.717) is 11.5 Å². The van der Waals surface area contributed by atoms with Gasteiger partial charge in [0.1, 0.15) is 5.82 Å². The van der Waals surface area contributed by atoms with E-state index in [4.69, 9.17) is 4.98 Å². The molecule has 33 heavy (non-hydrogen) atoms. The Morgan fingerprint density at radius 2 is 1.76 bits per heavy atom. The van der Waals surface area contributed by atoms with Crippen molar-refractivity contribution < 1.29 is 4.79 Å². The van der Waals surface area contributed by atoms with Crippen molar-refractivity contribution >= 4 is 22.5 Å². The van der Waals surface area contributed by atoms with Gasteiger partial charge in [-0.25, -0.2) is 9.97 Å². The molecule has 5 rings (SSSR count). The van der Waals surface area contributed by atoms with Crippen molar-refractivity contribution in [3.8, 4) is 0 Å². The number of pyridine rings is 1. The number of hydrogen-bond acceptors (Lipinski definition) is 5. The second kappa shape index (κ2) is 9.46. The normalized spacial score (nSPS) is 14.9. The van der Waals surface area contributed by atoms with Gasteiger partial charge in [-0.3, -0.25) is 14.7 Å². The summed E-state index contributed by atoms with van der Waals surface area (Å²) < 4.78 is 0. The fourth-order valence-corrected chi connectivity index (χ4v) is 4.51. The second-order valence-electron chi connectivity index (χ2n) is 8.59. The Morgan fingerprint density at radius 3 is 2.55 bits per heavy atom. The first kappa shape index (κ1) is 21.2. The minimum atomic E-state index is -0.176. The zero-order valence-corrected chi connectivity index (χ0v) is 18.7. The Morgan fingerprint density at radius 1 is 1.00 bits per heavy atom. The van der Waals surface area contributed by atoms with Gasteiger partial charge in [-0.05, 0) is 62.7 Å². The van der Waals surface area contributed by atoms with Crippen molar-refractivity contribution in [2.75, 3.05) is 18.4 Å². The maximum absolute atomic E-state index is 12.6. The number of hydrogen-bond donors (Lipinski definition) is 1. The molecule has 3 heterocycles. The zero-order chi connectivity index (χ0) is 22.6. The number of carbonyl (C=O) groups is 1. The number of aryl methyl sites for hydroxylation is 1. The third kappa shape index (κ3) is 4.76. The van der Waals surface area contributed by atoms with Crippen molar-refractivity contribution in [2.24, 2.45) is 0 Å². The minimum absolute atomic E-state index is 0.176. The van der Waals surface area contributed by atoms with Crippen LogP contribution in [0.3, 0.4) is 0 Å². The molecule has 0 radical (unpaired) electrons. The molecule has 1 saturated heterocycles. The molecule has 1 N–H and O–H groups in total. The first-order valence-electron chi connectivity index (χ1n) is 11.4. The van der Waals surface area contributed by atoms with Crippen LogP contribution >= 0.6 is 0 Å². The molecule has 1 amide bonds. The van der Waals surface area contributed by atoms with Crippen LogP contribution in [0, 0.1) is 6.92 Å². The average Bonchev–Trinajstić information content (AvgIpc) is 2.85. The van der Waals surface area contributed by atoms with E-state index in [1.807, 2.05) is 49.5 Å². The van der Waals surface area contributed by atoms with Gasteiger partial charge < -0.3 is 5.32 Å². The van der Waals surface area contributed by atoms with Crippen LogP contribution in [0.15, 0.2) is 73.1 Å². The number of aromatic nitrogens is 3. The lowest BCUT2D eigenvalue weighted by Gasteiger charge is -2.31. The third-order valence-corrected chi connectivity index (χ3v) is 6.36. The molecule has 2 aromatic heterocycles. The Bertz CT molecular complexity index is 1260. The average molecular weight is 438 g/mol. The second-order valence-corrected chi connectivity index (χ2v) is 8.59. The number of carbonyl (C=O) groups excluding carboxylic acids is 1. The Hall–Kier alpha value is -3.64. The summed E-state index contributed by atoms with van der Waals surface area (Å²) in [5.74, 6) is 0.989. The molecule has 0 spiro atoms. The van der Waals surface area contributed by atoms with Crippen molar-refractivity contribution in [2.45, 2.75) is 32.2 Å². The van der Waals surface area contributed by atoms with Crippen LogP contribution in [0.4, 0.5) is 5.69 Å². The van der Waals surface area contributed by atoms with E-state index in [2.05, 4.69) is 44.5 Å². The molecule has 6 nitrogen and oxygen atoms in total. The number of piperidine rings is 1. The van der Waals surface area contributed by atoms with Crippen LogP contribution in [0.1, 0.15) is 46.2 Å². The lowest BCUT2D eigenvalue weighted by Crippen LogP contribution is -2.33. The molecule has 2 aromatic carbocycles. The zero-order valence-electron chi connectivity index (χ0n) is 18.7. The topological polar surface area (TPSA) is 71.0 Å². The Balaban J connectivity index is 1.22. The van der Waals surface area contributed by atoms with Crippen LogP contribution in [0.25, 0.3) is 10.9 Å². The number of fused-ring (bicyclic) bond motifs is 1. The Kier molecular flexibility index (Phi) is 6.09. The van der Waals surface area contributed by atoms with Gasteiger partial charge in [0.25, 0.3) is 5.91 Å². The SMILES string of the molecule is Cc1nc(C2CCN(Cc3ccnc4ccccc34)CC2)ncc1C(=O)Nc1ccccc1. The number of para-hydroxylation sites is 2. The number of amides is 1. The maximum Gasteiger partial charge on any atom is 0.259 e. The van der Waals surface area contributed by atoms with Gasteiger partial charge in [-0.2, -0.15) is 0 Å². The summed E-state index contributed by atoms with van der Waals surface area (Å²) in [5.41, 5.74) is 4.37. The van der Waals surface area contributed by atoms with Gasteiger partial charge in [-0.1, -0.05) is 36.4 Å². The molecular weight excluding hydrogens is 410 g/mol. The maximum atomic E-state index is 12.6. The summed E-state index contributed by atoms with van der Waals surface area (Å²) >= 11 is 0. The highest BCUT2D eigenvalue weighted by molar-refractivity contribution is 6.04. The van der Waals surface area contributed by atoms with E-state index >= 15 is 0 Å². The number of anilines is 1. The molecule has 1 aliphatic rings. The van der Waals surface area contributed by atoms with Gasteiger partial charge in [0.2, 0.25) is 0 Å². The van der Waals surface area contributed by atoms with E-state index in [1.165, 1.54) is 10.9 Å². The van der Waals surface area contributed by atoms with E-state index in [1.54, 1.807) is 6.20 Å². The van der Waals surface area contributed by atoms with Gasteiger partial charge in [-0.15, -0.1) is 0 Å². The smallest absolute Gasteiger partial charge is 0.259 e. The highest BCUT2D eigenvalue weighted by Gasteiger charge is 2.24.